The summed E-state index contributed by atoms with van der Waals surface area (Å²) < 4.78 is 7.13. The highest BCUT2D eigenvalue weighted by Gasteiger charge is 2.06. The maximum Gasteiger partial charge on any atom is 0.368 e. The van der Waals surface area contributed by atoms with Crippen LogP contribution >= 0.6 is 0 Å². The number of benzene rings is 1. The molecule has 0 bridgehead atoms. The number of tetrazole rings is 1. The summed E-state index contributed by atoms with van der Waals surface area (Å²) in [5.74, 6) is 0. The van der Waals surface area contributed by atoms with Gasteiger partial charge in [-0.3, -0.25) is 0 Å². The van der Waals surface area contributed by atoms with E-state index in [2.05, 4.69) is 21.1 Å². The van der Waals surface area contributed by atoms with E-state index in [0.29, 0.717) is 24.5 Å². The van der Waals surface area contributed by atoms with Crippen LogP contribution in [0.4, 0.5) is 10.5 Å². The number of hydrogen-bond donors (Lipinski definition) is 2. The van der Waals surface area contributed by atoms with E-state index in [1.165, 1.54) is 11.7 Å². The quantitative estimate of drug-likeness (QED) is 0.739. The highest BCUT2D eigenvalue weighted by Crippen LogP contribution is 2.10. The fraction of sp³-hybridized carbons (Fsp3) is 0.333. The lowest BCUT2D eigenvalue weighted by atomic mass is 10.3. The number of nitrogens with zero attached hydrogens (tertiary/aromatic N) is 4. The van der Waals surface area contributed by atoms with Crippen molar-refractivity contribution < 1.29 is 9.53 Å². The normalized spacial score (nSPS) is 10.4. The zero-order valence-corrected chi connectivity index (χ0v) is 11.7. The molecule has 2 aromatic rings. The zero-order valence-electron chi connectivity index (χ0n) is 11.7. The van der Waals surface area contributed by atoms with Crippen LogP contribution in [-0.2, 0) is 11.8 Å². The average Bonchev–Trinajstić information content (AvgIpc) is 2.80. The minimum absolute atomic E-state index is 0.323. The number of hydrogen-bond acceptors (Lipinski definition) is 5. The molecule has 0 spiro atoms. The lowest BCUT2D eigenvalue weighted by Gasteiger charge is -2.07. The number of anilines is 1. The number of nitrogens with one attached hydrogen (secondary N) is 2. The number of methoxy groups -OCH3 is 1. The van der Waals surface area contributed by atoms with E-state index >= 15 is 0 Å². The van der Waals surface area contributed by atoms with Gasteiger partial charge in [-0.15, -0.1) is 0 Å². The molecule has 2 amide bonds. The minimum atomic E-state index is -0.340. The molecule has 2 rings (SSSR count). The van der Waals surface area contributed by atoms with Crippen LogP contribution in [0.2, 0.25) is 0 Å². The largest absolute Gasteiger partial charge is 0.383 e. The van der Waals surface area contributed by atoms with Crippen molar-refractivity contribution in [3.63, 3.8) is 0 Å². The zero-order chi connectivity index (χ0) is 15.2. The fourth-order valence-electron chi connectivity index (χ4n) is 1.60. The summed E-state index contributed by atoms with van der Waals surface area (Å²) in [7, 11) is 3.08. The van der Waals surface area contributed by atoms with Gasteiger partial charge < -0.3 is 15.4 Å². The first kappa shape index (κ1) is 14.7. The smallest absolute Gasteiger partial charge is 0.368 e. The lowest BCUT2D eigenvalue weighted by molar-refractivity contribution is 0.198. The Morgan fingerprint density at radius 2 is 2.00 bits per heavy atom. The molecule has 1 aromatic carbocycles. The molecule has 2 N–H and O–H groups in total. The predicted octanol–water partition coefficient (Wildman–Crippen LogP) is -0.266. The second-order valence-corrected chi connectivity index (χ2v) is 4.22. The topological polar surface area (TPSA) is 103 Å². The third kappa shape index (κ3) is 3.66. The fourth-order valence-corrected chi connectivity index (χ4v) is 1.60. The van der Waals surface area contributed by atoms with Gasteiger partial charge in [-0.2, -0.15) is 9.36 Å². The van der Waals surface area contributed by atoms with Gasteiger partial charge in [0, 0.05) is 26.4 Å². The summed E-state index contributed by atoms with van der Waals surface area (Å²) in [6, 6.07) is 6.36. The van der Waals surface area contributed by atoms with Crippen LogP contribution < -0.4 is 16.3 Å². The number of urea groups is 1. The Kier molecular flexibility index (Phi) is 4.67. The molecule has 0 fully saturated rings. The van der Waals surface area contributed by atoms with Gasteiger partial charge in [-0.05, 0) is 34.7 Å². The Hall–Kier alpha value is -2.68. The molecule has 0 saturated carbocycles. The molecule has 0 atom stereocenters. The molecule has 0 saturated heterocycles. The monoisotopic (exact) mass is 292 g/mol. The first-order valence-electron chi connectivity index (χ1n) is 6.25. The molecule has 0 radical (unpaired) electrons. The van der Waals surface area contributed by atoms with E-state index in [0.717, 1.165) is 4.68 Å². The van der Waals surface area contributed by atoms with Crippen LogP contribution in [0.25, 0.3) is 5.69 Å². The molecule has 9 nitrogen and oxygen atoms in total. The molecule has 1 heterocycles. The molecule has 9 heteroatoms. The van der Waals surface area contributed by atoms with E-state index in [1.54, 1.807) is 31.4 Å². The Morgan fingerprint density at radius 1 is 1.29 bits per heavy atom. The minimum Gasteiger partial charge on any atom is -0.383 e. The Labute approximate surface area is 120 Å². The molecular weight excluding hydrogens is 276 g/mol. The number of ether oxygens (including phenoxy) is 1. The molecule has 0 aliphatic heterocycles. The number of aryl methyl sites for hydroxylation is 1. The van der Waals surface area contributed by atoms with E-state index in [9.17, 15) is 9.59 Å². The van der Waals surface area contributed by atoms with Crippen molar-refractivity contribution >= 4 is 11.7 Å². The SMILES string of the molecule is COCCNC(=O)Nc1ccc(-n2nnn(C)c2=O)cc1. The van der Waals surface area contributed by atoms with Gasteiger partial charge in [0.15, 0.2) is 0 Å². The van der Waals surface area contributed by atoms with Gasteiger partial charge in [0.2, 0.25) is 0 Å². The summed E-state index contributed by atoms with van der Waals surface area (Å²) in [6.07, 6.45) is 0. The van der Waals surface area contributed by atoms with Crippen LogP contribution in [0.1, 0.15) is 0 Å². The van der Waals surface area contributed by atoms with Gasteiger partial charge in [-0.25, -0.2) is 9.59 Å². The molecule has 0 aliphatic carbocycles. The van der Waals surface area contributed by atoms with Gasteiger partial charge in [0.1, 0.15) is 0 Å². The highest BCUT2D eigenvalue weighted by atomic mass is 16.5. The highest BCUT2D eigenvalue weighted by molar-refractivity contribution is 5.89. The van der Waals surface area contributed by atoms with Crippen molar-refractivity contribution in [1.29, 1.82) is 0 Å². The van der Waals surface area contributed by atoms with E-state index in [1.807, 2.05) is 0 Å². The van der Waals surface area contributed by atoms with Crippen LogP contribution in [0.5, 0.6) is 0 Å². The van der Waals surface area contributed by atoms with Crippen molar-refractivity contribution in [2.24, 2.45) is 7.05 Å². The molecule has 21 heavy (non-hydrogen) atoms. The molecule has 1 aromatic heterocycles. The van der Waals surface area contributed by atoms with E-state index in [4.69, 9.17) is 4.74 Å². The summed E-state index contributed by atoms with van der Waals surface area (Å²) >= 11 is 0. The summed E-state index contributed by atoms with van der Waals surface area (Å²) in [5, 5.41) is 12.7. The Bertz CT molecular complexity index is 660. The second-order valence-electron chi connectivity index (χ2n) is 4.22. The van der Waals surface area contributed by atoms with Gasteiger partial charge in [-0.1, -0.05) is 0 Å². The van der Waals surface area contributed by atoms with Gasteiger partial charge in [0.05, 0.1) is 12.3 Å². The number of carbonyl (C=O) groups is 1. The predicted molar refractivity (Wildman–Crippen MR) is 75.5 cm³/mol. The number of aromatic nitrogens is 4. The Morgan fingerprint density at radius 3 is 2.57 bits per heavy atom. The summed E-state index contributed by atoms with van der Waals surface area (Å²) in [6.45, 7) is 0.872. The van der Waals surface area contributed by atoms with Crippen LogP contribution in [0.3, 0.4) is 0 Å². The van der Waals surface area contributed by atoms with Crippen molar-refractivity contribution in [3.05, 3.63) is 34.7 Å². The van der Waals surface area contributed by atoms with E-state index in [-0.39, 0.29) is 11.7 Å². The summed E-state index contributed by atoms with van der Waals surface area (Å²) in [4.78, 5) is 23.2. The average molecular weight is 292 g/mol. The lowest BCUT2D eigenvalue weighted by Crippen LogP contribution is -2.31. The van der Waals surface area contributed by atoms with Crippen LogP contribution in [0.15, 0.2) is 29.1 Å². The molecular formula is C12H16N6O3. The van der Waals surface area contributed by atoms with Crippen molar-refractivity contribution in [2.75, 3.05) is 25.6 Å². The van der Waals surface area contributed by atoms with Crippen molar-refractivity contribution in [3.8, 4) is 5.69 Å². The molecule has 112 valence electrons. The molecule has 0 aliphatic rings. The van der Waals surface area contributed by atoms with Crippen molar-refractivity contribution in [2.45, 2.75) is 0 Å². The number of rotatable bonds is 5. The molecule has 0 unspecified atom stereocenters. The maximum atomic E-state index is 11.7. The standard InChI is InChI=1S/C12H16N6O3/c1-17-12(20)18(16-15-17)10-5-3-9(4-6-10)14-11(19)13-7-8-21-2/h3-6H,7-8H2,1-2H3,(H2,13,14,19). The van der Waals surface area contributed by atoms with Crippen molar-refractivity contribution in [1.82, 2.24) is 25.1 Å². The third-order valence-electron chi connectivity index (χ3n) is 2.68. The Balaban J connectivity index is 2.01. The van der Waals surface area contributed by atoms with Gasteiger partial charge >= 0.3 is 11.7 Å². The van der Waals surface area contributed by atoms with E-state index < -0.39 is 0 Å². The second kappa shape index (κ2) is 6.66. The first-order valence-corrected chi connectivity index (χ1v) is 6.25. The van der Waals surface area contributed by atoms with Crippen LogP contribution in [-0.4, -0.2) is 46.1 Å². The number of carbonyl (C=O) groups excluding carboxylic acids is 1. The maximum absolute atomic E-state index is 11.7. The summed E-state index contributed by atoms with van der Waals surface area (Å²) in [5.41, 5.74) is 0.831. The van der Waals surface area contributed by atoms with Gasteiger partial charge in [0.25, 0.3) is 0 Å². The third-order valence-corrected chi connectivity index (χ3v) is 2.68. The number of amides is 2. The van der Waals surface area contributed by atoms with Crippen LogP contribution in [0, 0.1) is 0 Å². The first-order chi connectivity index (χ1) is 10.1.